The third-order valence-corrected chi connectivity index (χ3v) is 3.22. The van der Waals surface area contributed by atoms with Gasteiger partial charge >= 0.3 is 6.03 Å². The van der Waals surface area contributed by atoms with E-state index in [2.05, 4.69) is 10.6 Å². The number of rotatable bonds is 5. The van der Waals surface area contributed by atoms with E-state index in [-0.39, 0.29) is 37.6 Å². The Balaban J connectivity index is 1.97. The molecule has 1 saturated heterocycles. The van der Waals surface area contributed by atoms with Crippen molar-refractivity contribution < 1.29 is 19.4 Å². The summed E-state index contributed by atoms with van der Waals surface area (Å²) in [7, 11) is 1.57. The number of amides is 3. The number of carbonyl (C=O) groups is 2. The lowest BCUT2D eigenvalue weighted by Gasteiger charge is -2.18. The van der Waals surface area contributed by atoms with Gasteiger partial charge in [-0.05, 0) is 12.1 Å². The fourth-order valence-electron chi connectivity index (χ4n) is 2.24. The van der Waals surface area contributed by atoms with E-state index in [4.69, 9.17) is 9.84 Å². The number of methoxy groups -OCH3 is 1. The second kappa shape index (κ2) is 6.94. The Morgan fingerprint density at radius 2 is 2.33 bits per heavy atom. The highest BCUT2D eigenvalue weighted by Crippen LogP contribution is 2.25. The normalized spacial score (nSPS) is 17.7. The van der Waals surface area contributed by atoms with Crippen LogP contribution in [0.1, 0.15) is 6.42 Å². The Morgan fingerprint density at radius 1 is 1.52 bits per heavy atom. The lowest BCUT2D eigenvalue weighted by Crippen LogP contribution is -2.44. The van der Waals surface area contributed by atoms with Gasteiger partial charge in [-0.1, -0.05) is 6.07 Å². The first kappa shape index (κ1) is 15.1. The van der Waals surface area contributed by atoms with E-state index in [1.165, 1.54) is 0 Å². The second-order valence-corrected chi connectivity index (χ2v) is 4.73. The van der Waals surface area contributed by atoms with E-state index in [0.29, 0.717) is 12.3 Å². The predicted molar refractivity (Wildman–Crippen MR) is 77.4 cm³/mol. The molecule has 7 nitrogen and oxygen atoms in total. The number of benzene rings is 1. The molecule has 3 N–H and O–H groups in total. The van der Waals surface area contributed by atoms with Crippen LogP contribution in [-0.4, -0.2) is 49.9 Å². The Morgan fingerprint density at radius 3 is 3.05 bits per heavy atom. The summed E-state index contributed by atoms with van der Waals surface area (Å²) < 4.78 is 5.14. The number of hydrogen-bond donors (Lipinski definition) is 3. The molecule has 21 heavy (non-hydrogen) atoms. The summed E-state index contributed by atoms with van der Waals surface area (Å²) in [4.78, 5) is 25.2. The van der Waals surface area contributed by atoms with Crippen LogP contribution in [0, 0.1) is 0 Å². The largest absolute Gasteiger partial charge is 0.497 e. The van der Waals surface area contributed by atoms with Gasteiger partial charge in [0.2, 0.25) is 5.91 Å². The highest BCUT2D eigenvalue weighted by Gasteiger charge is 2.31. The zero-order valence-electron chi connectivity index (χ0n) is 11.8. The average Bonchev–Trinajstić information content (AvgIpc) is 2.85. The van der Waals surface area contributed by atoms with E-state index in [0.717, 1.165) is 5.69 Å². The molecule has 1 aliphatic heterocycles. The zero-order valence-corrected chi connectivity index (χ0v) is 11.8. The Hall–Kier alpha value is -2.28. The van der Waals surface area contributed by atoms with Crippen LogP contribution in [0.4, 0.5) is 10.5 Å². The topological polar surface area (TPSA) is 90.9 Å². The van der Waals surface area contributed by atoms with Crippen LogP contribution in [0.2, 0.25) is 0 Å². The number of urea groups is 1. The first-order chi connectivity index (χ1) is 10.1. The maximum atomic E-state index is 12.1. The SMILES string of the molecule is COc1cccc(N2CC(NC(=O)NCCO)CC2=O)c1. The number of nitrogens with one attached hydrogen (secondary N) is 2. The Bertz CT molecular complexity index is 521. The number of ether oxygens (including phenoxy) is 1. The first-order valence-corrected chi connectivity index (χ1v) is 6.73. The number of nitrogens with zero attached hydrogens (tertiary/aromatic N) is 1. The summed E-state index contributed by atoms with van der Waals surface area (Å²) in [5.41, 5.74) is 0.749. The van der Waals surface area contributed by atoms with Crippen molar-refractivity contribution in [2.75, 3.05) is 31.7 Å². The van der Waals surface area contributed by atoms with Gasteiger partial charge in [0.05, 0.1) is 19.8 Å². The molecule has 114 valence electrons. The van der Waals surface area contributed by atoms with Gasteiger partial charge in [0.15, 0.2) is 0 Å². The van der Waals surface area contributed by atoms with Gasteiger partial charge in [-0.25, -0.2) is 4.79 Å². The third-order valence-electron chi connectivity index (χ3n) is 3.22. The van der Waals surface area contributed by atoms with Crippen molar-refractivity contribution >= 4 is 17.6 Å². The summed E-state index contributed by atoms with van der Waals surface area (Å²) >= 11 is 0. The van der Waals surface area contributed by atoms with Crippen molar-refractivity contribution in [1.82, 2.24) is 10.6 Å². The minimum absolute atomic E-state index is 0.0456. The number of anilines is 1. The smallest absolute Gasteiger partial charge is 0.315 e. The summed E-state index contributed by atoms with van der Waals surface area (Å²) in [6, 6.07) is 6.61. The molecule has 1 aromatic rings. The van der Waals surface area contributed by atoms with Crippen LogP contribution in [0.15, 0.2) is 24.3 Å². The fraction of sp³-hybridized carbons (Fsp3) is 0.429. The molecule has 2 rings (SSSR count). The summed E-state index contributed by atoms with van der Waals surface area (Å²) in [5, 5.41) is 13.9. The van der Waals surface area contributed by atoms with E-state index in [1.807, 2.05) is 18.2 Å². The first-order valence-electron chi connectivity index (χ1n) is 6.73. The van der Waals surface area contributed by atoms with Crippen molar-refractivity contribution in [2.24, 2.45) is 0 Å². The molecule has 1 atom stereocenters. The molecule has 1 aliphatic rings. The number of aliphatic hydroxyl groups is 1. The average molecular weight is 293 g/mol. The van der Waals surface area contributed by atoms with Gasteiger partial charge in [-0.2, -0.15) is 0 Å². The quantitative estimate of drug-likeness (QED) is 0.717. The monoisotopic (exact) mass is 293 g/mol. The standard InChI is InChI=1S/C14H19N3O4/c1-21-12-4-2-3-11(8-12)17-9-10(7-13(17)19)16-14(20)15-5-6-18/h2-4,8,10,18H,5-7,9H2,1H3,(H2,15,16,20). The molecule has 0 aromatic heterocycles. The minimum Gasteiger partial charge on any atom is -0.497 e. The second-order valence-electron chi connectivity index (χ2n) is 4.73. The van der Waals surface area contributed by atoms with Crippen molar-refractivity contribution in [2.45, 2.75) is 12.5 Å². The van der Waals surface area contributed by atoms with Crippen LogP contribution in [0.5, 0.6) is 5.75 Å². The number of aliphatic hydroxyl groups excluding tert-OH is 1. The maximum Gasteiger partial charge on any atom is 0.315 e. The van der Waals surface area contributed by atoms with Crippen molar-refractivity contribution in [3.8, 4) is 5.75 Å². The number of carbonyl (C=O) groups excluding carboxylic acids is 2. The number of hydrogen-bond acceptors (Lipinski definition) is 4. The summed E-state index contributed by atoms with van der Waals surface area (Å²) in [5.74, 6) is 0.633. The lowest BCUT2D eigenvalue weighted by molar-refractivity contribution is -0.117. The zero-order chi connectivity index (χ0) is 15.2. The molecule has 1 fully saturated rings. The fourth-order valence-corrected chi connectivity index (χ4v) is 2.24. The Kier molecular flexibility index (Phi) is 4.99. The van der Waals surface area contributed by atoms with Gasteiger partial charge in [-0.15, -0.1) is 0 Å². The highest BCUT2D eigenvalue weighted by atomic mass is 16.5. The molecule has 0 spiro atoms. The molecule has 0 radical (unpaired) electrons. The molecule has 3 amide bonds. The maximum absolute atomic E-state index is 12.1. The van der Waals surface area contributed by atoms with Gasteiger partial charge in [0, 0.05) is 31.3 Å². The molecular formula is C14H19N3O4. The Labute approximate surface area is 122 Å². The van der Waals surface area contributed by atoms with Gasteiger partial charge in [0.25, 0.3) is 0 Å². The summed E-state index contributed by atoms with van der Waals surface area (Å²) in [6.07, 6.45) is 0.254. The molecule has 1 unspecified atom stereocenters. The van der Waals surface area contributed by atoms with E-state index in [9.17, 15) is 9.59 Å². The van der Waals surface area contributed by atoms with Crippen LogP contribution >= 0.6 is 0 Å². The molecule has 0 aliphatic carbocycles. The van der Waals surface area contributed by atoms with E-state index < -0.39 is 0 Å². The van der Waals surface area contributed by atoms with Crippen molar-refractivity contribution in [3.63, 3.8) is 0 Å². The van der Waals surface area contributed by atoms with Crippen LogP contribution in [0.25, 0.3) is 0 Å². The predicted octanol–water partition coefficient (Wildman–Crippen LogP) is 0.0920. The van der Waals surface area contributed by atoms with Crippen molar-refractivity contribution in [3.05, 3.63) is 24.3 Å². The lowest BCUT2D eigenvalue weighted by atomic mass is 10.2. The van der Waals surface area contributed by atoms with Gasteiger partial charge < -0.3 is 25.4 Å². The molecule has 1 aromatic carbocycles. The van der Waals surface area contributed by atoms with E-state index >= 15 is 0 Å². The van der Waals surface area contributed by atoms with Crippen LogP contribution < -0.4 is 20.3 Å². The molecule has 1 heterocycles. The van der Waals surface area contributed by atoms with Gasteiger partial charge in [0.1, 0.15) is 5.75 Å². The van der Waals surface area contributed by atoms with Gasteiger partial charge in [-0.3, -0.25) is 4.79 Å². The third kappa shape index (κ3) is 3.85. The molecule has 7 heteroatoms. The highest BCUT2D eigenvalue weighted by molar-refractivity contribution is 5.97. The van der Waals surface area contributed by atoms with E-state index in [1.54, 1.807) is 18.1 Å². The molecular weight excluding hydrogens is 274 g/mol. The van der Waals surface area contributed by atoms with Crippen LogP contribution in [-0.2, 0) is 4.79 Å². The molecule has 0 saturated carbocycles. The van der Waals surface area contributed by atoms with Crippen LogP contribution in [0.3, 0.4) is 0 Å². The minimum atomic E-state index is -0.380. The summed E-state index contributed by atoms with van der Waals surface area (Å²) in [6.45, 7) is 0.484. The molecule has 0 bridgehead atoms. The van der Waals surface area contributed by atoms with Crippen molar-refractivity contribution in [1.29, 1.82) is 0 Å².